The van der Waals surface area contributed by atoms with Crippen molar-refractivity contribution in [2.24, 2.45) is 11.8 Å². The van der Waals surface area contributed by atoms with Crippen LogP contribution in [0.4, 0.5) is 4.79 Å². The van der Waals surface area contributed by atoms with Crippen LogP contribution in [0.3, 0.4) is 0 Å². The lowest BCUT2D eigenvalue weighted by molar-refractivity contribution is -0.144. The summed E-state index contributed by atoms with van der Waals surface area (Å²) in [5, 5.41) is 25.2. The van der Waals surface area contributed by atoms with Crippen molar-refractivity contribution in [2.75, 3.05) is 26.7 Å². The van der Waals surface area contributed by atoms with Crippen molar-refractivity contribution in [3.05, 3.63) is 35.9 Å². The minimum atomic E-state index is -1.31. The Morgan fingerprint density at radius 1 is 0.923 bits per heavy atom. The summed E-state index contributed by atoms with van der Waals surface area (Å²) in [5.74, 6) is -5.82. The summed E-state index contributed by atoms with van der Waals surface area (Å²) in [6.07, 6.45) is 0.803. The third-order valence-electron chi connectivity index (χ3n) is 8.16. The molecule has 5 unspecified atom stereocenters. The number of likely N-dealkylation sites (N-methyl/N-ethyl adjacent to an activating group) is 1. The maximum atomic E-state index is 13.7. The molecule has 1 fully saturated rings. The minimum absolute atomic E-state index is 0.0138. The standard InChI is InChI=1S/C35H53N7O10/c1-20(2)16-25-33(48)42(6)18-28(44)37-27(19-52-22(5)43)30(45)36-15-11-10-14-24(31(46)41-29(21(3)4)32(47)38-25)39-35(51)40-26(34(49)50)17-23-12-8-7-9-13-23/h7-9,12-13,20-21,24-27,29H,10-11,14-19H2,1-6H3,(H,36,45)(H,37,44)(H,38,47)(H,41,46)(H,49,50)(H2,39,40,51). The smallest absolute Gasteiger partial charge is 0.326 e. The monoisotopic (exact) mass is 731 g/mol. The summed E-state index contributed by atoms with van der Waals surface area (Å²) in [6.45, 7) is 7.37. The van der Waals surface area contributed by atoms with Gasteiger partial charge in [-0.15, -0.1) is 0 Å². The number of aliphatic carboxylic acids is 1. The van der Waals surface area contributed by atoms with E-state index in [1.807, 2.05) is 13.8 Å². The number of ether oxygens (including phenoxy) is 1. The van der Waals surface area contributed by atoms with Gasteiger partial charge in [0.2, 0.25) is 29.5 Å². The molecule has 0 radical (unpaired) electrons. The molecule has 0 bridgehead atoms. The molecule has 1 aromatic carbocycles. The molecule has 2 rings (SSSR count). The van der Waals surface area contributed by atoms with Crippen molar-refractivity contribution in [1.29, 1.82) is 0 Å². The van der Waals surface area contributed by atoms with E-state index in [9.17, 15) is 43.5 Å². The van der Waals surface area contributed by atoms with E-state index in [1.54, 1.807) is 44.2 Å². The van der Waals surface area contributed by atoms with Crippen LogP contribution in [0.5, 0.6) is 0 Å². The van der Waals surface area contributed by atoms with Crippen molar-refractivity contribution >= 4 is 47.5 Å². The van der Waals surface area contributed by atoms with Crippen LogP contribution in [-0.4, -0.2) is 114 Å². The molecule has 7 amide bonds. The van der Waals surface area contributed by atoms with Crippen LogP contribution in [0.15, 0.2) is 30.3 Å². The SMILES string of the molecule is CC(=O)OCC1NC(=O)CN(C)C(=O)C(CC(C)C)NC(=O)C(C(C)C)NC(=O)C(NC(=O)NC(Cc2ccccc2)C(=O)O)CCCCNC1=O. The summed E-state index contributed by atoms with van der Waals surface area (Å²) in [7, 11) is 1.36. The maximum Gasteiger partial charge on any atom is 0.326 e. The van der Waals surface area contributed by atoms with E-state index in [2.05, 4.69) is 31.9 Å². The van der Waals surface area contributed by atoms with Crippen molar-refractivity contribution in [3.63, 3.8) is 0 Å². The Morgan fingerprint density at radius 3 is 2.19 bits per heavy atom. The number of esters is 1. The van der Waals surface area contributed by atoms with Crippen LogP contribution in [0.1, 0.15) is 65.9 Å². The van der Waals surface area contributed by atoms with Gasteiger partial charge in [-0.05, 0) is 43.1 Å². The Kier molecular flexibility index (Phi) is 17.5. The minimum Gasteiger partial charge on any atom is -0.480 e. The van der Waals surface area contributed by atoms with E-state index in [1.165, 1.54) is 7.05 Å². The third-order valence-corrected chi connectivity index (χ3v) is 8.16. The molecule has 7 N–H and O–H groups in total. The number of nitrogens with one attached hydrogen (secondary N) is 6. The first kappa shape index (κ1) is 42.9. The Morgan fingerprint density at radius 2 is 1.60 bits per heavy atom. The van der Waals surface area contributed by atoms with E-state index in [0.29, 0.717) is 12.0 Å². The second-order valence-corrected chi connectivity index (χ2v) is 13.6. The zero-order valence-corrected chi connectivity index (χ0v) is 30.7. The number of urea groups is 1. The van der Waals surface area contributed by atoms with E-state index in [0.717, 1.165) is 11.8 Å². The summed E-state index contributed by atoms with van der Waals surface area (Å²) in [6, 6.07) is 1.73. The lowest BCUT2D eigenvalue weighted by atomic mass is 9.99. The fourth-order valence-corrected chi connectivity index (χ4v) is 5.41. The van der Waals surface area contributed by atoms with Crippen LogP contribution in [0.25, 0.3) is 0 Å². The fraction of sp³-hybridized carbons (Fsp3) is 0.600. The van der Waals surface area contributed by atoms with Crippen LogP contribution in [-0.2, 0) is 44.7 Å². The molecule has 0 saturated carbocycles. The van der Waals surface area contributed by atoms with Gasteiger partial charge in [-0.2, -0.15) is 0 Å². The second kappa shape index (κ2) is 21.2. The number of carboxylic acids is 1. The zero-order valence-electron chi connectivity index (χ0n) is 30.7. The summed E-state index contributed by atoms with van der Waals surface area (Å²) < 4.78 is 4.97. The van der Waals surface area contributed by atoms with Crippen LogP contribution >= 0.6 is 0 Å². The number of carbonyl (C=O) groups is 8. The molecule has 17 heteroatoms. The maximum absolute atomic E-state index is 13.7. The molecule has 1 heterocycles. The Balaban J connectivity index is 2.39. The number of carboxylic acid groups (broad SMARTS) is 1. The largest absolute Gasteiger partial charge is 0.480 e. The summed E-state index contributed by atoms with van der Waals surface area (Å²) in [4.78, 5) is 104. The molecule has 0 aromatic heterocycles. The number of rotatable bonds is 10. The van der Waals surface area contributed by atoms with Gasteiger partial charge in [0.1, 0.15) is 36.8 Å². The first-order valence-corrected chi connectivity index (χ1v) is 17.4. The topological polar surface area (TPSA) is 241 Å². The third kappa shape index (κ3) is 14.9. The van der Waals surface area contributed by atoms with Crippen LogP contribution < -0.4 is 31.9 Å². The molecule has 1 aliphatic heterocycles. The molecule has 5 atom stereocenters. The highest BCUT2D eigenvalue weighted by molar-refractivity contribution is 5.96. The highest BCUT2D eigenvalue weighted by Gasteiger charge is 2.34. The first-order chi connectivity index (χ1) is 24.5. The molecule has 1 aromatic rings. The van der Waals surface area contributed by atoms with E-state index >= 15 is 0 Å². The van der Waals surface area contributed by atoms with Gasteiger partial charge < -0.3 is 46.6 Å². The van der Waals surface area contributed by atoms with Crippen LogP contribution in [0.2, 0.25) is 0 Å². The first-order valence-electron chi connectivity index (χ1n) is 17.4. The highest BCUT2D eigenvalue weighted by Crippen LogP contribution is 2.12. The van der Waals surface area contributed by atoms with Gasteiger partial charge in [-0.25, -0.2) is 9.59 Å². The Labute approximate surface area is 303 Å². The van der Waals surface area contributed by atoms with E-state index in [-0.39, 0.29) is 38.1 Å². The number of hydrogen-bond donors (Lipinski definition) is 7. The molecule has 52 heavy (non-hydrogen) atoms. The summed E-state index contributed by atoms with van der Waals surface area (Å²) in [5.41, 5.74) is 0.669. The van der Waals surface area contributed by atoms with Crippen molar-refractivity contribution in [1.82, 2.24) is 36.8 Å². The molecular weight excluding hydrogens is 678 g/mol. The van der Waals surface area contributed by atoms with Gasteiger partial charge in [0.15, 0.2) is 0 Å². The number of benzene rings is 1. The molecule has 0 spiro atoms. The number of nitrogens with zero attached hydrogens (tertiary/aromatic N) is 1. The molecule has 0 aliphatic carbocycles. The normalized spacial score (nSPS) is 22.1. The van der Waals surface area contributed by atoms with Crippen molar-refractivity contribution in [2.45, 2.75) is 96.9 Å². The van der Waals surface area contributed by atoms with Crippen LogP contribution in [0, 0.1) is 11.8 Å². The number of carbonyl (C=O) groups excluding carboxylic acids is 7. The quantitative estimate of drug-likeness (QED) is 0.157. The molecule has 1 aliphatic rings. The lowest BCUT2D eigenvalue weighted by Crippen LogP contribution is -2.59. The van der Waals surface area contributed by atoms with Gasteiger partial charge in [0.25, 0.3) is 0 Å². The zero-order chi connectivity index (χ0) is 39.0. The average Bonchev–Trinajstić information content (AvgIpc) is 3.06. The van der Waals surface area contributed by atoms with Crippen molar-refractivity contribution in [3.8, 4) is 0 Å². The lowest BCUT2D eigenvalue weighted by Gasteiger charge is -2.29. The van der Waals surface area contributed by atoms with Gasteiger partial charge in [-0.3, -0.25) is 28.8 Å². The Bertz CT molecular complexity index is 1420. The number of hydrogen-bond acceptors (Lipinski definition) is 9. The second-order valence-electron chi connectivity index (χ2n) is 13.6. The average molecular weight is 732 g/mol. The molecule has 1 saturated heterocycles. The van der Waals surface area contributed by atoms with Gasteiger partial charge in [0, 0.05) is 26.9 Å². The molecule has 17 nitrogen and oxygen atoms in total. The number of amides is 7. The fourth-order valence-electron chi connectivity index (χ4n) is 5.41. The van der Waals surface area contributed by atoms with E-state index in [4.69, 9.17) is 4.74 Å². The van der Waals surface area contributed by atoms with Gasteiger partial charge >= 0.3 is 18.0 Å². The predicted molar refractivity (Wildman–Crippen MR) is 188 cm³/mol. The van der Waals surface area contributed by atoms with Gasteiger partial charge in [-0.1, -0.05) is 58.0 Å². The Hall–Kier alpha value is -5.22. The summed E-state index contributed by atoms with van der Waals surface area (Å²) >= 11 is 0. The predicted octanol–water partition coefficient (Wildman–Crippen LogP) is -0.172. The molecular formula is C35H53N7O10. The molecule has 288 valence electrons. The van der Waals surface area contributed by atoms with E-state index < -0.39 is 96.8 Å². The van der Waals surface area contributed by atoms with Gasteiger partial charge in [0.05, 0.1) is 6.54 Å². The highest BCUT2D eigenvalue weighted by atomic mass is 16.5. The van der Waals surface area contributed by atoms with Crippen molar-refractivity contribution < 1.29 is 48.2 Å².